The predicted molar refractivity (Wildman–Crippen MR) is 103 cm³/mol. The Morgan fingerprint density at radius 2 is 1.96 bits per heavy atom. The quantitative estimate of drug-likeness (QED) is 0.729. The van der Waals surface area contributed by atoms with E-state index in [1.54, 1.807) is 4.90 Å². The van der Waals surface area contributed by atoms with Crippen molar-refractivity contribution in [2.45, 2.75) is 25.7 Å². The average molecular weight is 359 g/mol. The highest BCUT2D eigenvalue weighted by molar-refractivity contribution is 6.11. The van der Waals surface area contributed by atoms with E-state index in [1.165, 1.54) is 29.0 Å². The molecule has 27 heavy (non-hydrogen) atoms. The van der Waals surface area contributed by atoms with Crippen molar-refractivity contribution >= 4 is 22.5 Å². The van der Waals surface area contributed by atoms with Crippen LogP contribution in [0.25, 0.3) is 10.8 Å². The van der Waals surface area contributed by atoms with Gasteiger partial charge in [0.15, 0.2) is 5.78 Å². The molecule has 136 valence electrons. The predicted octanol–water partition coefficient (Wildman–Crippen LogP) is 3.40. The molecule has 1 fully saturated rings. The van der Waals surface area contributed by atoms with Gasteiger partial charge in [-0.05, 0) is 47.6 Å². The van der Waals surface area contributed by atoms with Gasteiger partial charge in [0.05, 0.1) is 12.5 Å². The van der Waals surface area contributed by atoms with Crippen molar-refractivity contribution in [1.29, 1.82) is 0 Å². The van der Waals surface area contributed by atoms with Gasteiger partial charge in [0.2, 0.25) is 0 Å². The number of benzene rings is 2. The third-order valence-corrected chi connectivity index (χ3v) is 5.95. The number of Topliss-reactive ketones (excluding diaryl/α,β-unsaturated/α-hetero) is 1. The van der Waals surface area contributed by atoms with Gasteiger partial charge in [-0.1, -0.05) is 30.3 Å². The van der Waals surface area contributed by atoms with Crippen LogP contribution < -0.4 is 0 Å². The van der Waals surface area contributed by atoms with E-state index >= 15 is 0 Å². The molecule has 1 aliphatic carbocycles. The smallest absolute Gasteiger partial charge is 0.271 e. The maximum Gasteiger partial charge on any atom is 0.271 e. The Balaban J connectivity index is 1.45. The summed E-state index contributed by atoms with van der Waals surface area (Å²) < 4.78 is 0. The Kier molecular flexibility index (Phi) is 3.81. The van der Waals surface area contributed by atoms with Gasteiger partial charge in [-0.3, -0.25) is 9.59 Å². The van der Waals surface area contributed by atoms with E-state index in [2.05, 4.69) is 34.2 Å². The number of aromatic nitrogens is 2. The normalized spacial score (nSPS) is 18.8. The van der Waals surface area contributed by atoms with E-state index in [4.69, 9.17) is 0 Å². The van der Waals surface area contributed by atoms with Crippen molar-refractivity contribution in [2.24, 2.45) is 5.92 Å². The second-order valence-electron chi connectivity index (χ2n) is 7.53. The summed E-state index contributed by atoms with van der Waals surface area (Å²) in [4.78, 5) is 34.5. The van der Waals surface area contributed by atoms with Crippen LogP contribution in [0.1, 0.15) is 44.8 Å². The summed E-state index contributed by atoms with van der Waals surface area (Å²) >= 11 is 0. The van der Waals surface area contributed by atoms with Crippen LogP contribution in [0, 0.1) is 5.92 Å². The van der Waals surface area contributed by atoms with Crippen LogP contribution >= 0.6 is 0 Å². The third-order valence-electron chi connectivity index (χ3n) is 5.95. The van der Waals surface area contributed by atoms with Crippen LogP contribution in [-0.2, 0) is 12.8 Å². The second-order valence-corrected chi connectivity index (χ2v) is 7.53. The number of aryl methyl sites for hydroxylation is 2. The van der Waals surface area contributed by atoms with Gasteiger partial charge in [0.1, 0.15) is 5.69 Å². The van der Waals surface area contributed by atoms with Crippen molar-refractivity contribution in [3.8, 4) is 0 Å². The molecule has 0 radical (unpaired) electrons. The summed E-state index contributed by atoms with van der Waals surface area (Å²) in [6.07, 6.45) is 6.83. The molecule has 1 unspecified atom stereocenters. The maximum absolute atomic E-state index is 13.4. The van der Waals surface area contributed by atoms with Crippen molar-refractivity contribution in [1.82, 2.24) is 14.9 Å². The molecule has 5 rings (SSSR count). The minimum absolute atomic E-state index is 0.0783. The van der Waals surface area contributed by atoms with Crippen LogP contribution in [0.3, 0.4) is 0 Å². The van der Waals surface area contributed by atoms with Crippen LogP contribution in [-0.4, -0.2) is 39.6 Å². The number of carbonyl (C=O) groups excluding carboxylic acids is 2. The molecule has 0 spiro atoms. The van der Waals surface area contributed by atoms with Crippen LogP contribution in [0.2, 0.25) is 0 Å². The number of aromatic amines is 1. The lowest BCUT2D eigenvalue weighted by atomic mass is 9.87. The Hall–Kier alpha value is -2.95. The molecule has 0 saturated carbocycles. The molecule has 1 aliphatic heterocycles. The summed E-state index contributed by atoms with van der Waals surface area (Å²) in [5, 5.41) is 2.34. The van der Waals surface area contributed by atoms with E-state index in [9.17, 15) is 9.59 Å². The Morgan fingerprint density at radius 1 is 1.11 bits per heavy atom. The first-order valence-electron chi connectivity index (χ1n) is 9.58. The number of amides is 1. The standard InChI is InChI=1S/C22H21N3O2/c26-21(16-4-2-10-25(12-16)22(27)19-11-23-13-24-19)18-9-8-15-7-6-14-3-1-5-17(18)20(14)15/h1,3,5,8-9,11,13,16H,2,4,6-7,10,12H2,(H,23,24). The summed E-state index contributed by atoms with van der Waals surface area (Å²) in [5.74, 6) is -0.0674. The molecule has 1 N–H and O–H groups in total. The highest BCUT2D eigenvalue weighted by Gasteiger charge is 2.31. The number of hydrogen-bond donors (Lipinski definition) is 1. The molecule has 1 amide bonds. The molecular weight excluding hydrogens is 338 g/mol. The maximum atomic E-state index is 13.4. The Labute approximate surface area is 157 Å². The van der Waals surface area contributed by atoms with Crippen molar-refractivity contribution in [2.75, 3.05) is 13.1 Å². The third kappa shape index (κ3) is 2.65. The lowest BCUT2D eigenvalue weighted by Gasteiger charge is -2.32. The fraction of sp³-hybridized carbons (Fsp3) is 0.318. The molecule has 1 saturated heterocycles. The largest absolute Gasteiger partial charge is 0.341 e. The summed E-state index contributed by atoms with van der Waals surface area (Å²) in [5.41, 5.74) is 3.97. The van der Waals surface area contributed by atoms with Gasteiger partial charge in [0.25, 0.3) is 5.91 Å². The van der Waals surface area contributed by atoms with E-state index in [0.717, 1.165) is 36.6 Å². The molecule has 2 aromatic carbocycles. The molecule has 2 heterocycles. The van der Waals surface area contributed by atoms with E-state index in [-0.39, 0.29) is 17.6 Å². The number of ketones is 1. The fourth-order valence-corrected chi connectivity index (χ4v) is 4.60. The molecule has 0 bridgehead atoms. The SMILES string of the molecule is O=C(c1ccc2c3c(cccc13)CC2)C1CCCN(C(=O)c2cnc[nH]2)C1. The van der Waals surface area contributed by atoms with E-state index in [1.807, 2.05) is 6.07 Å². The van der Waals surface area contributed by atoms with Crippen LogP contribution in [0.4, 0.5) is 0 Å². The summed E-state index contributed by atoms with van der Waals surface area (Å²) in [7, 11) is 0. The van der Waals surface area contributed by atoms with Gasteiger partial charge in [-0.25, -0.2) is 4.98 Å². The monoisotopic (exact) mass is 359 g/mol. The van der Waals surface area contributed by atoms with Crippen molar-refractivity contribution in [3.63, 3.8) is 0 Å². The number of imidazole rings is 1. The molecule has 2 aliphatic rings. The topological polar surface area (TPSA) is 66.1 Å². The zero-order valence-electron chi connectivity index (χ0n) is 15.1. The first kappa shape index (κ1) is 16.2. The fourth-order valence-electron chi connectivity index (χ4n) is 4.60. The molecule has 3 aromatic rings. The molecule has 1 aromatic heterocycles. The van der Waals surface area contributed by atoms with Crippen LogP contribution in [0.5, 0.6) is 0 Å². The number of H-pyrrole nitrogens is 1. The van der Waals surface area contributed by atoms with E-state index < -0.39 is 0 Å². The Morgan fingerprint density at radius 3 is 2.78 bits per heavy atom. The lowest BCUT2D eigenvalue weighted by molar-refractivity contribution is 0.0633. The summed E-state index contributed by atoms with van der Waals surface area (Å²) in [6, 6.07) is 10.4. The number of likely N-dealkylation sites (tertiary alicyclic amines) is 1. The minimum atomic E-state index is -0.149. The van der Waals surface area contributed by atoms with Gasteiger partial charge in [0, 0.05) is 24.6 Å². The first-order valence-corrected chi connectivity index (χ1v) is 9.58. The number of nitrogens with one attached hydrogen (secondary N) is 1. The average Bonchev–Trinajstić information content (AvgIpc) is 3.39. The lowest BCUT2D eigenvalue weighted by Crippen LogP contribution is -2.42. The van der Waals surface area contributed by atoms with Gasteiger partial charge in [-0.2, -0.15) is 0 Å². The van der Waals surface area contributed by atoms with Crippen LogP contribution in [0.15, 0.2) is 42.9 Å². The molecule has 5 nitrogen and oxygen atoms in total. The highest BCUT2D eigenvalue weighted by atomic mass is 16.2. The Bertz CT molecular complexity index is 1030. The highest BCUT2D eigenvalue weighted by Crippen LogP contribution is 2.34. The molecular formula is C22H21N3O2. The van der Waals surface area contributed by atoms with Gasteiger partial charge < -0.3 is 9.88 Å². The molecule has 1 atom stereocenters. The van der Waals surface area contributed by atoms with Gasteiger partial charge in [-0.15, -0.1) is 0 Å². The number of hydrogen-bond acceptors (Lipinski definition) is 3. The van der Waals surface area contributed by atoms with Crippen molar-refractivity contribution < 1.29 is 9.59 Å². The number of piperidine rings is 1. The molecule has 5 heteroatoms. The first-order chi connectivity index (χ1) is 13.2. The number of rotatable bonds is 3. The zero-order valence-corrected chi connectivity index (χ0v) is 15.1. The number of nitrogens with zero attached hydrogens (tertiary/aromatic N) is 2. The second kappa shape index (κ2) is 6.34. The van der Waals surface area contributed by atoms with E-state index in [0.29, 0.717) is 18.8 Å². The minimum Gasteiger partial charge on any atom is -0.341 e. The summed E-state index contributed by atoms with van der Waals surface area (Å²) in [6.45, 7) is 1.16. The number of carbonyl (C=O) groups is 2. The zero-order chi connectivity index (χ0) is 18.4. The van der Waals surface area contributed by atoms with Gasteiger partial charge >= 0.3 is 0 Å². The van der Waals surface area contributed by atoms with Crippen molar-refractivity contribution in [3.05, 3.63) is 65.2 Å².